The maximum absolute atomic E-state index is 13.9. The van der Waals surface area contributed by atoms with Crippen LogP contribution in [0.2, 0.25) is 0 Å². The summed E-state index contributed by atoms with van der Waals surface area (Å²) in [7, 11) is 0. The van der Waals surface area contributed by atoms with Gasteiger partial charge in [0.15, 0.2) is 5.82 Å². The lowest BCUT2D eigenvalue weighted by Crippen LogP contribution is -2.35. The minimum atomic E-state index is -0.594. The summed E-state index contributed by atoms with van der Waals surface area (Å²) in [6.45, 7) is 1.37. The molecule has 3 aromatic rings. The van der Waals surface area contributed by atoms with Crippen molar-refractivity contribution in [3.05, 3.63) is 81.4 Å². The summed E-state index contributed by atoms with van der Waals surface area (Å²) >= 11 is 0. The second kappa shape index (κ2) is 6.76. The SMILES string of the molecule is O=c1[nH]c(-c2ccccn2)nc2c1CCN(Cc1ccc(F)cc1F)C2. The highest BCUT2D eigenvalue weighted by Crippen LogP contribution is 2.20. The molecule has 4 rings (SSSR count). The number of benzene rings is 1. The number of hydrogen-bond donors (Lipinski definition) is 1. The van der Waals surface area contributed by atoms with Crippen LogP contribution in [0.4, 0.5) is 8.78 Å². The van der Waals surface area contributed by atoms with Crippen LogP contribution in [-0.4, -0.2) is 26.4 Å². The topological polar surface area (TPSA) is 61.9 Å². The molecule has 1 aliphatic rings. The fourth-order valence-electron chi connectivity index (χ4n) is 3.14. The number of pyridine rings is 1. The minimum Gasteiger partial charge on any atom is -0.305 e. The van der Waals surface area contributed by atoms with Crippen LogP contribution in [0.5, 0.6) is 0 Å². The molecule has 0 spiro atoms. The second-order valence-corrected chi connectivity index (χ2v) is 6.25. The van der Waals surface area contributed by atoms with E-state index in [1.54, 1.807) is 18.3 Å². The first-order valence-corrected chi connectivity index (χ1v) is 8.30. The van der Waals surface area contributed by atoms with Crippen LogP contribution in [0, 0.1) is 11.6 Å². The van der Waals surface area contributed by atoms with Crippen LogP contribution in [0.1, 0.15) is 16.8 Å². The first-order valence-electron chi connectivity index (χ1n) is 8.30. The predicted molar refractivity (Wildman–Crippen MR) is 92.3 cm³/mol. The first kappa shape index (κ1) is 16.5. The van der Waals surface area contributed by atoms with Crippen molar-refractivity contribution in [1.29, 1.82) is 0 Å². The summed E-state index contributed by atoms with van der Waals surface area (Å²) in [6.07, 6.45) is 2.17. The van der Waals surface area contributed by atoms with Crippen molar-refractivity contribution in [1.82, 2.24) is 19.9 Å². The van der Waals surface area contributed by atoms with E-state index in [0.29, 0.717) is 54.4 Å². The number of rotatable bonds is 3. The monoisotopic (exact) mass is 354 g/mol. The van der Waals surface area contributed by atoms with Gasteiger partial charge in [-0.25, -0.2) is 13.8 Å². The zero-order valence-corrected chi connectivity index (χ0v) is 13.9. The molecule has 0 aliphatic carbocycles. The van der Waals surface area contributed by atoms with Crippen LogP contribution >= 0.6 is 0 Å². The molecule has 5 nitrogen and oxygen atoms in total. The molecule has 0 atom stereocenters. The Morgan fingerprint density at radius 1 is 1.19 bits per heavy atom. The Morgan fingerprint density at radius 3 is 2.85 bits per heavy atom. The van der Waals surface area contributed by atoms with E-state index >= 15 is 0 Å². The van der Waals surface area contributed by atoms with Crippen molar-refractivity contribution in [3.8, 4) is 11.5 Å². The molecule has 1 aliphatic heterocycles. The molecule has 0 amide bonds. The average molecular weight is 354 g/mol. The van der Waals surface area contributed by atoms with Crippen molar-refractivity contribution in [3.63, 3.8) is 0 Å². The van der Waals surface area contributed by atoms with E-state index in [2.05, 4.69) is 15.0 Å². The van der Waals surface area contributed by atoms with Crippen molar-refractivity contribution in [2.75, 3.05) is 6.54 Å². The molecular formula is C19H16F2N4O. The van der Waals surface area contributed by atoms with Crippen molar-refractivity contribution < 1.29 is 8.78 Å². The van der Waals surface area contributed by atoms with E-state index in [1.807, 2.05) is 11.0 Å². The smallest absolute Gasteiger partial charge is 0.254 e. The van der Waals surface area contributed by atoms with Crippen LogP contribution in [0.3, 0.4) is 0 Å². The molecule has 0 fully saturated rings. The highest BCUT2D eigenvalue weighted by molar-refractivity contribution is 5.49. The second-order valence-electron chi connectivity index (χ2n) is 6.25. The zero-order valence-electron chi connectivity index (χ0n) is 13.9. The van der Waals surface area contributed by atoms with Crippen LogP contribution < -0.4 is 5.56 Å². The molecular weight excluding hydrogens is 338 g/mol. The third-order valence-corrected chi connectivity index (χ3v) is 4.47. The highest BCUT2D eigenvalue weighted by Gasteiger charge is 2.22. The van der Waals surface area contributed by atoms with Crippen molar-refractivity contribution in [2.24, 2.45) is 0 Å². The lowest BCUT2D eigenvalue weighted by Gasteiger charge is -2.27. The molecule has 0 unspecified atom stereocenters. The van der Waals surface area contributed by atoms with Crippen molar-refractivity contribution >= 4 is 0 Å². The number of H-pyrrole nitrogens is 1. The van der Waals surface area contributed by atoms with Gasteiger partial charge in [0.05, 0.1) is 5.69 Å². The van der Waals surface area contributed by atoms with Gasteiger partial charge in [0.1, 0.15) is 17.3 Å². The van der Waals surface area contributed by atoms with Gasteiger partial charge < -0.3 is 4.98 Å². The van der Waals surface area contributed by atoms with E-state index in [9.17, 15) is 13.6 Å². The van der Waals surface area contributed by atoms with Gasteiger partial charge in [-0.3, -0.25) is 14.7 Å². The Bertz CT molecular complexity index is 1000. The number of aromatic amines is 1. The molecule has 7 heteroatoms. The van der Waals surface area contributed by atoms with E-state index in [1.165, 1.54) is 12.1 Å². The van der Waals surface area contributed by atoms with Gasteiger partial charge in [-0.15, -0.1) is 0 Å². The number of nitrogens with zero attached hydrogens (tertiary/aromatic N) is 3. The lowest BCUT2D eigenvalue weighted by atomic mass is 10.1. The largest absolute Gasteiger partial charge is 0.305 e. The molecule has 132 valence electrons. The number of aromatic nitrogens is 3. The van der Waals surface area contributed by atoms with Gasteiger partial charge in [0, 0.05) is 43.0 Å². The van der Waals surface area contributed by atoms with Gasteiger partial charge in [0.2, 0.25) is 0 Å². The van der Waals surface area contributed by atoms with Gasteiger partial charge in [-0.2, -0.15) is 0 Å². The summed E-state index contributed by atoms with van der Waals surface area (Å²) in [5, 5.41) is 0. The summed E-state index contributed by atoms with van der Waals surface area (Å²) in [4.78, 5) is 25.9. The fraction of sp³-hybridized carbons (Fsp3) is 0.211. The first-order chi connectivity index (χ1) is 12.6. The molecule has 1 aromatic carbocycles. The minimum absolute atomic E-state index is 0.164. The number of fused-ring (bicyclic) bond motifs is 1. The van der Waals surface area contributed by atoms with Crippen LogP contribution in [0.15, 0.2) is 47.4 Å². The number of hydrogen-bond acceptors (Lipinski definition) is 4. The van der Waals surface area contributed by atoms with Gasteiger partial charge in [-0.05, 0) is 24.6 Å². The highest BCUT2D eigenvalue weighted by atomic mass is 19.1. The van der Waals surface area contributed by atoms with Crippen LogP contribution in [0.25, 0.3) is 11.5 Å². The Kier molecular flexibility index (Phi) is 4.30. The Morgan fingerprint density at radius 2 is 2.08 bits per heavy atom. The lowest BCUT2D eigenvalue weighted by molar-refractivity contribution is 0.237. The summed E-state index contributed by atoms with van der Waals surface area (Å²) in [6, 6.07) is 8.97. The summed E-state index contributed by atoms with van der Waals surface area (Å²) in [5.41, 5.74) is 2.17. The average Bonchev–Trinajstić information content (AvgIpc) is 2.64. The maximum atomic E-state index is 13.9. The molecule has 0 saturated carbocycles. The van der Waals surface area contributed by atoms with Crippen molar-refractivity contribution in [2.45, 2.75) is 19.5 Å². The molecule has 0 saturated heterocycles. The maximum Gasteiger partial charge on any atom is 0.254 e. The van der Waals surface area contributed by atoms with E-state index in [4.69, 9.17) is 0 Å². The molecule has 3 heterocycles. The van der Waals surface area contributed by atoms with E-state index in [0.717, 1.165) is 6.07 Å². The predicted octanol–water partition coefficient (Wildman–Crippen LogP) is 2.67. The Hall–Kier alpha value is -2.93. The quantitative estimate of drug-likeness (QED) is 0.786. The third kappa shape index (κ3) is 3.25. The molecule has 1 N–H and O–H groups in total. The third-order valence-electron chi connectivity index (χ3n) is 4.47. The van der Waals surface area contributed by atoms with Crippen LogP contribution in [-0.2, 0) is 19.5 Å². The normalized spacial score (nSPS) is 14.2. The summed E-state index contributed by atoms with van der Waals surface area (Å²) in [5.74, 6) is -0.739. The molecule has 0 bridgehead atoms. The van der Waals surface area contributed by atoms with E-state index in [-0.39, 0.29) is 5.56 Å². The Labute approximate surface area is 148 Å². The number of halogens is 2. The summed E-state index contributed by atoms with van der Waals surface area (Å²) < 4.78 is 27.0. The van der Waals surface area contributed by atoms with Gasteiger partial charge in [-0.1, -0.05) is 12.1 Å². The van der Waals surface area contributed by atoms with Gasteiger partial charge >= 0.3 is 0 Å². The zero-order chi connectivity index (χ0) is 18.1. The molecule has 0 radical (unpaired) electrons. The Balaban J connectivity index is 1.61. The van der Waals surface area contributed by atoms with Gasteiger partial charge in [0.25, 0.3) is 5.56 Å². The molecule has 26 heavy (non-hydrogen) atoms. The standard InChI is InChI=1S/C19H16F2N4O/c20-13-5-4-12(15(21)9-13)10-25-8-6-14-17(11-25)23-18(24-19(14)26)16-3-1-2-7-22-16/h1-5,7,9H,6,8,10-11H2,(H,23,24,26). The molecule has 2 aromatic heterocycles. The van der Waals surface area contributed by atoms with E-state index < -0.39 is 11.6 Å². The fourth-order valence-corrected chi connectivity index (χ4v) is 3.14. The number of nitrogens with one attached hydrogen (secondary N) is 1.